The summed E-state index contributed by atoms with van der Waals surface area (Å²) < 4.78 is 43.1. The zero-order valence-electron chi connectivity index (χ0n) is 17.7. The lowest BCUT2D eigenvalue weighted by Gasteiger charge is -2.36. The van der Waals surface area contributed by atoms with E-state index in [2.05, 4.69) is 0 Å². The molecule has 172 valence electrons. The number of hydrogen-bond acceptors (Lipinski definition) is 5. The van der Waals surface area contributed by atoms with E-state index in [4.69, 9.17) is 4.74 Å². The normalized spacial score (nSPS) is 21.5. The van der Waals surface area contributed by atoms with Gasteiger partial charge in [0, 0.05) is 25.1 Å². The van der Waals surface area contributed by atoms with E-state index in [-0.39, 0.29) is 49.1 Å². The lowest BCUT2D eigenvalue weighted by molar-refractivity contribution is -0.384. The molecule has 0 unspecified atom stereocenters. The van der Waals surface area contributed by atoms with E-state index in [9.17, 15) is 28.1 Å². The maximum absolute atomic E-state index is 12.7. The molecule has 1 aromatic rings. The number of nitro groups is 1. The molecule has 0 spiro atoms. The molecule has 0 bridgehead atoms. The van der Waals surface area contributed by atoms with Crippen LogP contribution in [0.5, 0.6) is 0 Å². The fourth-order valence-corrected chi connectivity index (χ4v) is 4.58. The molecule has 0 aromatic heterocycles. The van der Waals surface area contributed by atoms with Crippen molar-refractivity contribution in [2.45, 2.75) is 76.4 Å². The van der Waals surface area contributed by atoms with Crippen LogP contribution < -0.4 is 4.90 Å². The second kappa shape index (κ2) is 9.87. The fourth-order valence-electron chi connectivity index (χ4n) is 4.58. The van der Waals surface area contributed by atoms with Gasteiger partial charge in [-0.2, -0.15) is 13.2 Å². The van der Waals surface area contributed by atoms with Crippen LogP contribution in [0, 0.1) is 16.0 Å². The molecule has 3 rings (SSSR count). The van der Waals surface area contributed by atoms with Crippen molar-refractivity contribution >= 4 is 17.3 Å². The molecule has 2 fully saturated rings. The number of esters is 1. The van der Waals surface area contributed by atoms with Crippen molar-refractivity contribution in [1.29, 1.82) is 0 Å². The second-order valence-electron chi connectivity index (χ2n) is 8.41. The summed E-state index contributed by atoms with van der Waals surface area (Å²) in [6.45, 7) is 2.14. The minimum Gasteiger partial charge on any atom is -0.466 e. The van der Waals surface area contributed by atoms with E-state index >= 15 is 0 Å². The van der Waals surface area contributed by atoms with Gasteiger partial charge in [0.2, 0.25) is 0 Å². The Balaban J connectivity index is 1.83. The first-order chi connectivity index (χ1) is 14.7. The Morgan fingerprint density at radius 3 is 2.58 bits per heavy atom. The molecule has 0 saturated heterocycles. The number of ether oxygens (including phenoxy) is 1. The highest BCUT2D eigenvalue weighted by Crippen LogP contribution is 2.50. The van der Waals surface area contributed by atoms with Crippen LogP contribution >= 0.6 is 0 Å². The molecule has 0 heterocycles. The standard InChI is InChI=1S/C22H29F3N2O4/c1-2-31-21(28)18-14-17(18)15-9-10-19(20(13-15)27(29)30)26(12-6-11-22(23,24)25)16-7-4-3-5-8-16/h9-10,13,16-18H,2-8,11-12,14H2,1H3/t17-,18-/m1/s1. The van der Waals surface area contributed by atoms with Crippen molar-refractivity contribution in [3.8, 4) is 0 Å². The highest BCUT2D eigenvalue weighted by molar-refractivity contribution is 5.78. The van der Waals surface area contributed by atoms with Gasteiger partial charge < -0.3 is 9.64 Å². The number of rotatable bonds is 9. The molecular formula is C22H29F3N2O4. The number of alkyl halides is 3. The third-order valence-electron chi connectivity index (χ3n) is 6.19. The topological polar surface area (TPSA) is 72.7 Å². The van der Waals surface area contributed by atoms with Crippen LogP contribution in [0.15, 0.2) is 18.2 Å². The van der Waals surface area contributed by atoms with Crippen LogP contribution in [0.3, 0.4) is 0 Å². The number of carbonyl (C=O) groups excluding carboxylic acids is 1. The van der Waals surface area contributed by atoms with E-state index in [1.54, 1.807) is 19.1 Å². The van der Waals surface area contributed by atoms with Crippen molar-refractivity contribution in [2.75, 3.05) is 18.1 Å². The first kappa shape index (κ1) is 23.3. The van der Waals surface area contributed by atoms with Gasteiger partial charge in [0.25, 0.3) is 5.69 Å². The number of nitrogens with zero attached hydrogens (tertiary/aromatic N) is 2. The summed E-state index contributed by atoms with van der Waals surface area (Å²) in [6, 6.07) is 4.90. The highest BCUT2D eigenvalue weighted by Gasteiger charge is 2.46. The van der Waals surface area contributed by atoms with Crippen LogP contribution in [0.4, 0.5) is 24.5 Å². The minimum absolute atomic E-state index is 0.000242. The first-order valence-corrected chi connectivity index (χ1v) is 11.0. The summed E-state index contributed by atoms with van der Waals surface area (Å²) in [5.74, 6) is -0.693. The van der Waals surface area contributed by atoms with Gasteiger partial charge in [0.05, 0.1) is 17.4 Å². The Morgan fingerprint density at radius 1 is 1.26 bits per heavy atom. The van der Waals surface area contributed by atoms with Crippen molar-refractivity contribution in [3.05, 3.63) is 33.9 Å². The van der Waals surface area contributed by atoms with Crippen molar-refractivity contribution < 1.29 is 27.6 Å². The number of halogens is 3. The largest absolute Gasteiger partial charge is 0.466 e. The van der Waals surface area contributed by atoms with E-state index in [0.29, 0.717) is 17.7 Å². The maximum Gasteiger partial charge on any atom is 0.389 e. The van der Waals surface area contributed by atoms with Gasteiger partial charge in [0.1, 0.15) is 5.69 Å². The average Bonchev–Trinajstić information content (AvgIpc) is 3.52. The molecule has 9 heteroatoms. The van der Waals surface area contributed by atoms with E-state index in [1.165, 1.54) is 6.07 Å². The zero-order chi connectivity index (χ0) is 22.6. The van der Waals surface area contributed by atoms with E-state index in [0.717, 1.165) is 32.1 Å². The summed E-state index contributed by atoms with van der Waals surface area (Å²) in [5, 5.41) is 11.9. The monoisotopic (exact) mass is 442 g/mol. The van der Waals surface area contributed by atoms with Gasteiger partial charge in [-0.1, -0.05) is 25.3 Å². The molecule has 1 aromatic carbocycles. The van der Waals surface area contributed by atoms with Crippen LogP contribution in [0.2, 0.25) is 0 Å². The lowest BCUT2D eigenvalue weighted by atomic mass is 9.93. The predicted molar refractivity (Wildman–Crippen MR) is 110 cm³/mol. The zero-order valence-corrected chi connectivity index (χ0v) is 17.7. The lowest BCUT2D eigenvalue weighted by Crippen LogP contribution is -2.38. The van der Waals surface area contributed by atoms with Crippen molar-refractivity contribution in [3.63, 3.8) is 0 Å². The second-order valence-corrected chi connectivity index (χ2v) is 8.41. The van der Waals surface area contributed by atoms with Gasteiger partial charge in [0.15, 0.2) is 0 Å². The number of anilines is 1. The summed E-state index contributed by atoms with van der Waals surface area (Å²) in [7, 11) is 0. The third-order valence-corrected chi connectivity index (χ3v) is 6.19. The van der Waals surface area contributed by atoms with E-state index < -0.39 is 17.5 Å². The van der Waals surface area contributed by atoms with Crippen LogP contribution in [0.1, 0.15) is 69.8 Å². The van der Waals surface area contributed by atoms with Crippen LogP contribution in [-0.2, 0) is 9.53 Å². The predicted octanol–water partition coefficient (Wildman–Crippen LogP) is 5.74. The van der Waals surface area contributed by atoms with Crippen LogP contribution in [-0.4, -0.2) is 36.3 Å². The number of benzene rings is 1. The van der Waals surface area contributed by atoms with Gasteiger partial charge in [-0.25, -0.2) is 0 Å². The van der Waals surface area contributed by atoms with Gasteiger partial charge in [-0.3, -0.25) is 14.9 Å². The molecule has 31 heavy (non-hydrogen) atoms. The third kappa shape index (κ3) is 6.11. The van der Waals surface area contributed by atoms with Crippen molar-refractivity contribution in [2.24, 2.45) is 5.92 Å². The Morgan fingerprint density at radius 2 is 1.97 bits per heavy atom. The molecule has 2 aliphatic carbocycles. The smallest absolute Gasteiger partial charge is 0.389 e. The Hall–Kier alpha value is -2.32. The Kier molecular flexibility index (Phi) is 7.43. The molecular weight excluding hydrogens is 413 g/mol. The molecule has 2 aliphatic rings. The molecule has 2 atom stereocenters. The summed E-state index contributed by atoms with van der Waals surface area (Å²) in [6.07, 6.45) is -0.0275. The fraction of sp³-hybridized carbons (Fsp3) is 0.682. The maximum atomic E-state index is 12.7. The van der Waals surface area contributed by atoms with E-state index in [1.807, 2.05) is 4.90 Å². The number of nitro benzene ring substituents is 1. The van der Waals surface area contributed by atoms with Crippen molar-refractivity contribution in [1.82, 2.24) is 0 Å². The highest BCUT2D eigenvalue weighted by atomic mass is 19.4. The van der Waals surface area contributed by atoms with Gasteiger partial charge in [-0.15, -0.1) is 0 Å². The Bertz CT molecular complexity index is 793. The summed E-state index contributed by atoms with van der Waals surface area (Å²) in [4.78, 5) is 25.1. The number of carbonyl (C=O) groups is 1. The van der Waals surface area contributed by atoms with Gasteiger partial charge >= 0.3 is 12.1 Å². The Labute approximate surface area is 179 Å². The summed E-state index contributed by atoms with van der Waals surface area (Å²) >= 11 is 0. The molecule has 0 radical (unpaired) electrons. The first-order valence-electron chi connectivity index (χ1n) is 11.0. The SMILES string of the molecule is CCOC(=O)[C@@H]1C[C@@H]1c1ccc(N(CCCC(F)(F)F)C2CCCCC2)c([N+](=O)[O-])c1. The molecule has 0 aliphatic heterocycles. The number of hydrogen-bond donors (Lipinski definition) is 0. The van der Waals surface area contributed by atoms with Gasteiger partial charge in [-0.05, 0) is 50.2 Å². The quantitative estimate of drug-likeness (QED) is 0.277. The molecule has 2 saturated carbocycles. The summed E-state index contributed by atoms with van der Waals surface area (Å²) in [5.41, 5.74) is 0.966. The average molecular weight is 442 g/mol. The molecule has 6 nitrogen and oxygen atoms in total. The van der Waals surface area contributed by atoms with Crippen LogP contribution in [0.25, 0.3) is 0 Å². The molecule has 0 amide bonds. The molecule has 0 N–H and O–H groups in total. The minimum atomic E-state index is -4.25.